The smallest absolute Gasteiger partial charge is 0.255 e. The number of fused-ring (bicyclic) bond motifs is 1. The molecule has 0 atom stereocenters. The molecule has 0 radical (unpaired) electrons. The van der Waals surface area contributed by atoms with E-state index in [9.17, 15) is 4.79 Å². The van der Waals surface area contributed by atoms with E-state index >= 15 is 0 Å². The quantitative estimate of drug-likeness (QED) is 0.304. The predicted molar refractivity (Wildman–Crippen MR) is 140 cm³/mol. The number of imidazole rings is 1. The molecule has 2 heterocycles. The summed E-state index contributed by atoms with van der Waals surface area (Å²) in [6.45, 7) is 1.53. The summed E-state index contributed by atoms with van der Waals surface area (Å²) in [7, 11) is 0. The minimum atomic E-state index is -0.173. The van der Waals surface area contributed by atoms with E-state index in [1.807, 2.05) is 95.5 Å². The molecule has 0 unspecified atom stereocenters. The van der Waals surface area contributed by atoms with Gasteiger partial charge in [-0.1, -0.05) is 84.9 Å². The number of nitrogens with two attached hydrogens (primary N) is 1. The number of benzene rings is 3. The highest BCUT2D eigenvalue weighted by Crippen LogP contribution is 2.30. The first-order valence-corrected chi connectivity index (χ1v) is 11.6. The summed E-state index contributed by atoms with van der Waals surface area (Å²) >= 11 is 0. The maximum atomic E-state index is 13.2. The van der Waals surface area contributed by atoms with Crippen molar-refractivity contribution in [1.29, 1.82) is 0 Å². The van der Waals surface area contributed by atoms with Crippen LogP contribution in [0.15, 0.2) is 103 Å². The molecule has 6 heteroatoms. The van der Waals surface area contributed by atoms with E-state index in [4.69, 9.17) is 10.7 Å². The van der Waals surface area contributed by atoms with Crippen LogP contribution < -0.4 is 16.4 Å². The van der Waals surface area contributed by atoms with Gasteiger partial charge in [0, 0.05) is 31.4 Å². The Bertz CT molecular complexity index is 1440. The number of carbonyl (C=O) groups excluding carboxylic acids is 1. The summed E-state index contributed by atoms with van der Waals surface area (Å²) in [5.41, 5.74) is 11.9. The molecule has 0 aliphatic heterocycles. The first kappa shape index (κ1) is 22.4. The molecule has 0 bridgehead atoms. The fourth-order valence-electron chi connectivity index (χ4n) is 4.14. The number of anilines is 1. The third-order valence-electron chi connectivity index (χ3n) is 5.92. The Kier molecular flexibility index (Phi) is 6.55. The second-order valence-electron chi connectivity index (χ2n) is 8.34. The van der Waals surface area contributed by atoms with Gasteiger partial charge in [0.25, 0.3) is 5.91 Å². The molecule has 0 aliphatic carbocycles. The van der Waals surface area contributed by atoms with Gasteiger partial charge >= 0.3 is 0 Å². The normalized spacial score (nSPS) is 10.9. The lowest BCUT2D eigenvalue weighted by atomic mass is 10.1. The first-order chi connectivity index (χ1) is 17.2. The van der Waals surface area contributed by atoms with Crippen molar-refractivity contribution in [2.24, 2.45) is 5.73 Å². The van der Waals surface area contributed by atoms with E-state index in [-0.39, 0.29) is 5.91 Å². The third-order valence-corrected chi connectivity index (χ3v) is 5.92. The van der Waals surface area contributed by atoms with Crippen LogP contribution in [0.25, 0.3) is 16.9 Å². The van der Waals surface area contributed by atoms with Gasteiger partial charge in [0.1, 0.15) is 11.5 Å². The molecule has 5 aromatic rings. The summed E-state index contributed by atoms with van der Waals surface area (Å²) in [6, 6.07) is 31.8. The SMILES string of the molecule is NCc1cccc(CNC(=O)c2cccn3c(NCc4ccccc4)c(-c4ccccc4)nc23)c1. The van der Waals surface area contributed by atoms with Crippen LogP contribution >= 0.6 is 0 Å². The summed E-state index contributed by atoms with van der Waals surface area (Å²) in [4.78, 5) is 18.1. The monoisotopic (exact) mass is 461 g/mol. The number of nitrogens with one attached hydrogen (secondary N) is 2. The largest absolute Gasteiger partial charge is 0.365 e. The van der Waals surface area contributed by atoms with Crippen LogP contribution in [0.5, 0.6) is 0 Å². The number of pyridine rings is 1. The highest BCUT2D eigenvalue weighted by Gasteiger charge is 2.19. The molecule has 2 aromatic heterocycles. The average Bonchev–Trinajstić information content (AvgIpc) is 3.30. The topological polar surface area (TPSA) is 84.5 Å². The number of carbonyl (C=O) groups is 1. The van der Waals surface area contributed by atoms with Crippen LogP contribution in [0, 0.1) is 0 Å². The van der Waals surface area contributed by atoms with Crippen molar-refractivity contribution in [3.8, 4) is 11.3 Å². The number of nitrogens with zero attached hydrogens (tertiary/aromatic N) is 2. The van der Waals surface area contributed by atoms with Crippen LogP contribution in [-0.4, -0.2) is 15.3 Å². The fourth-order valence-corrected chi connectivity index (χ4v) is 4.14. The van der Waals surface area contributed by atoms with E-state index in [1.54, 1.807) is 0 Å². The molecule has 0 spiro atoms. The zero-order valence-electron chi connectivity index (χ0n) is 19.3. The van der Waals surface area contributed by atoms with Gasteiger partial charge in [-0.3, -0.25) is 9.20 Å². The Labute approximate surface area is 204 Å². The van der Waals surface area contributed by atoms with Gasteiger partial charge in [0.15, 0.2) is 5.65 Å². The zero-order chi connectivity index (χ0) is 24.0. The van der Waals surface area contributed by atoms with Gasteiger partial charge in [-0.25, -0.2) is 4.98 Å². The van der Waals surface area contributed by atoms with Gasteiger partial charge in [0.05, 0.1) is 5.56 Å². The highest BCUT2D eigenvalue weighted by molar-refractivity contribution is 6.00. The molecular formula is C29H27N5O. The van der Waals surface area contributed by atoms with Crippen molar-refractivity contribution in [2.45, 2.75) is 19.6 Å². The lowest BCUT2D eigenvalue weighted by molar-refractivity contribution is 0.0952. The fraction of sp³-hybridized carbons (Fsp3) is 0.103. The van der Waals surface area contributed by atoms with Gasteiger partial charge < -0.3 is 16.4 Å². The van der Waals surface area contributed by atoms with Gasteiger partial charge in [0.2, 0.25) is 0 Å². The Morgan fingerprint density at radius 1 is 0.800 bits per heavy atom. The molecule has 35 heavy (non-hydrogen) atoms. The van der Waals surface area contributed by atoms with Crippen molar-refractivity contribution >= 4 is 17.4 Å². The Balaban J connectivity index is 1.48. The number of rotatable bonds is 8. The van der Waals surface area contributed by atoms with Gasteiger partial charge in [-0.05, 0) is 28.8 Å². The average molecular weight is 462 g/mol. The van der Waals surface area contributed by atoms with Crippen molar-refractivity contribution in [3.63, 3.8) is 0 Å². The van der Waals surface area contributed by atoms with Gasteiger partial charge in [-0.15, -0.1) is 0 Å². The third kappa shape index (κ3) is 4.93. The van der Waals surface area contributed by atoms with E-state index in [2.05, 4.69) is 22.8 Å². The molecule has 0 saturated heterocycles. The maximum Gasteiger partial charge on any atom is 0.255 e. The molecule has 1 amide bonds. The second-order valence-corrected chi connectivity index (χ2v) is 8.34. The number of amides is 1. The summed E-state index contributed by atoms with van der Waals surface area (Å²) < 4.78 is 1.95. The Morgan fingerprint density at radius 3 is 2.29 bits per heavy atom. The number of aromatic nitrogens is 2. The van der Waals surface area contributed by atoms with Crippen LogP contribution in [0.4, 0.5) is 5.82 Å². The summed E-state index contributed by atoms with van der Waals surface area (Å²) in [5.74, 6) is 0.674. The lowest BCUT2D eigenvalue weighted by Gasteiger charge is -2.10. The minimum absolute atomic E-state index is 0.173. The molecule has 6 nitrogen and oxygen atoms in total. The summed E-state index contributed by atoms with van der Waals surface area (Å²) in [6.07, 6.45) is 1.93. The molecule has 3 aromatic carbocycles. The lowest BCUT2D eigenvalue weighted by Crippen LogP contribution is -2.23. The maximum absolute atomic E-state index is 13.2. The van der Waals surface area contributed by atoms with Crippen molar-refractivity contribution < 1.29 is 4.79 Å². The predicted octanol–water partition coefficient (Wildman–Crippen LogP) is 5.00. The van der Waals surface area contributed by atoms with Crippen molar-refractivity contribution in [2.75, 3.05) is 5.32 Å². The van der Waals surface area contributed by atoms with Gasteiger partial charge in [-0.2, -0.15) is 0 Å². The van der Waals surface area contributed by atoms with E-state index < -0.39 is 0 Å². The first-order valence-electron chi connectivity index (χ1n) is 11.6. The Morgan fingerprint density at radius 2 is 1.51 bits per heavy atom. The summed E-state index contributed by atoms with van der Waals surface area (Å²) in [5, 5.41) is 6.58. The molecule has 5 rings (SSSR count). The molecule has 0 aliphatic rings. The van der Waals surface area contributed by atoms with E-state index in [0.717, 1.165) is 33.8 Å². The minimum Gasteiger partial charge on any atom is -0.365 e. The Hall–Kier alpha value is -4.42. The second kappa shape index (κ2) is 10.2. The zero-order valence-corrected chi connectivity index (χ0v) is 19.3. The van der Waals surface area contributed by atoms with Crippen LogP contribution in [0.3, 0.4) is 0 Å². The molecule has 0 saturated carbocycles. The van der Waals surface area contributed by atoms with Crippen molar-refractivity contribution in [3.05, 3.63) is 126 Å². The van der Waals surface area contributed by atoms with Crippen LogP contribution in [-0.2, 0) is 19.6 Å². The molecule has 4 N–H and O–H groups in total. The standard InChI is InChI=1S/C29H27N5O/c30-18-22-11-7-12-23(17-22)20-32-29(35)25-15-8-16-34-27(25)33-26(24-13-5-2-6-14-24)28(34)31-19-21-9-3-1-4-10-21/h1-17,31H,18-20,30H2,(H,32,35). The van der Waals surface area contributed by atoms with Crippen LogP contribution in [0.2, 0.25) is 0 Å². The van der Waals surface area contributed by atoms with E-state index in [1.165, 1.54) is 0 Å². The van der Waals surface area contributed by atoms with Crippen LogP contribution in [0.1, 0.15) is 27.0 Å². The molecular weight excluding hydrogens is 434 g/mol. The van der Waals surface area contributed by atoms with Crippen molar-refractivity contribution in [1.82, 2.24) is 14.7 Å². The van der Waals surface area contributed by atoms with E-state index in [0.29, 0.717) is 30.8 Å². The molecule has 174 valence electrons. The number of hydrogen-bond donors (Lipinski definition) is 3. The highest BCUT2D eigenvalue weighted by atomic mass is 16.1. The number of hydrogen-bond acceptors (Lipinski definition) is 4. The molecule has 0 fully saturated rings.